The van der Waals surface area contributed by atoms with E-state index >= 15 is 0 Å². The number of rotatable bonds is 5. The molecule has 0 saturated carbocycles. The van der Waals surface area contributed by atoms with Crippen LogP contribution in [0.4, 0.5) is 8.78 Å². The van der Waals surface area contributed by atoms with E-state index in [1.165, 1.54) is 18.2 Å². The summed E-state index contributed by atoms with van der Waals surface area (Å²) < 4.78 is 39.6. The van der Waals surface area contributed by atoms with Gasteiger partial charge in [-0.1, -0.05) is 18.2 Å². The van der Waals surface area contributed by atoms with Crippen LogP contribution < -0.4 is 14.2 Å². The second-order valence-electron chi connectivity index (χ2n) is 5.36. The number of fused-ring (bicyclic) bond motifs is 1. The Bertz CT molecular complexity index is 769. The molecule has 1 aliphatic rings. The fraction of sp³-hybridized carbons (Fsp3) is 0.211. The first kappa shape index (κ1) is 17.0. The Kier molecular flexibility index (Phi) is 5.28. The Morgan fingerprint density at radius 2 is 1.76 bits per heavy atom. The third-order valence-electron chi connectivity index (χ3n) is 3.56. The number of ether oxygens (including phenoxy) is 3. The second kappa shape index (κ2) is 7.79. The molecule has 0 fully saturated rings. The Labute approximate surface area is 143 Å². The highest BCUT2D eigenvalue weighted by Crippen LogP contribution is 2.30. The minimum atomic E-state index is -2.86. The largest absolute Gasteiger partial charge is 0.490 e. The molecule has 0 aliphatic carbocycles. The predicted octanol–water partition coefficient (Wildman–Crippen LogP) is 4.35. The van der Waals surface area contributed by atoms with Gasteiger partial charge >= 0.3 is 6.61 Å². The highest BCUT2D eigenvalue weighted by molar-refractivity contribution is 6.07. The first-order valence-corrected chi connectivity index (χ1v) is 7.79. The van der Waals surface area contributed by atoms with E-state index in [1.807, 2.05) is 0 Å². The molecule has 0 spiro atoms. The molecule has 6 heteroatoms. The van der Waals surface area contributed by atoms with Gasteiger partial charge in [0, 0.05) is 12.0 Å². The summed E-state index contributed by atoms with van der Waals surface area (Å²) >= 11 is 0. The van der Waals surface area contributed by atoms with Gasteiger partial charge in [-0.25, -0.2) is 0 Å². The van der Waals surface area contributed by atoms with E-state index in [0.29, 0.717) is 35.8 Å². The van der Waals surface area contributed by atoms with Gasteiger partial charge in [-0.05, 0) is 42.0 Å². The van der Waals surface area contributed by atoms with E-state index in [9.17, 15) is 13.6 Å². The third kappa shape index (κ3) is 4.56. The number of carbonyl (C=O) groups excluding carboxylic acids is 1. The molecule has 130 valence electrons. The van der Waals surface area contributed by atoms with Gasteiger partial charge in [-0.15, -0.1) is 0 Å². The van der Waals surface area contributed by atoms with E-state index < -0.39 is 6.61 Å². The number of carbonyl (C=O) groups is 1. The lowest BCUT2D eigenvalue weighted by molar-refractivity contribution is -0.0498. The summed E-state index contributed by atoms with van der Waals surface area (Å²) in [5.41, 5.74) is 1.18. The molecule has 25 heavy (non-hydrogen) atoms. The number of halogens is 2. The standard InChI is InChI=1S/C19H16F2O4/c20-19(21)25-15-6-2-13(3-7-15)4-8-16(22)14-5-9-17-18(12-14)24-11-1-10-23-17/h2-9,12,19H,1,10-11H2. The summed E-state index contributed by atoms with van der Waals surface area (Å²) in [5, 5.41) is 0. The van der Waals surface area contributed by atoms with Gasteiger partial charge in [0.25, 0.3) is 0 Å². The molecular weight excluding hydrogens is 330 g/mol. The Hall–Kier alpha value is -2.89. The van der Waals surface area contributed by atoms with Crippen molar-refractivity contribution in [2.75, 3.05) is 13.2 Å². The zero-order valence-corrected chi connectivity index (χ0v) is 13.3. The van der Waals surface area contributed by atoms with Crippen molar-refractivity contribution in [2.45, 2.75) is 13.0 Å². The highest BCUT2D eigenvalue weighted by Gasteiger charge is 2.12. The molecule has 0 amide bonds. The molecule has 2 aromatic rings. The van der Waals surface area contributed by atoms with E-state index in [0.717, 1.165) is 6.42 Å². The first-order chi connectivity index (χ1) is 12.1. The second-order valence-corrected chi connectivity index (χ2v) is 5.36. The molecule has 0 unspecified atom stereocenters. The lowest BCUT2D eigenvalue weighted by Gasteiger charge is -2.07. The molecule has 1 heterocycles. The van der Waals surface area contributed by atoms with E-state index in [-0.39, 0.29) is 11.5 Å². The van der Waals surface area contributed by atoms with Crippen molar-refractivity contribution in [1.82, 2.24) is 0 Å². The summed E-state index contributed by atoms with van der Waals surface area (Å²) in [4.78, 5) is 12.3. The molecule has 4 nitrogen and oxygen atoms in total. The molecule has 3 rings (SSSR count). The van der Waals surface area contributed by atoms with Gasteiger partial charge in [0.05, 0.1) is 13.2 Å². The van der Waals surface area contributed by atoms with Gasteiger partial charge in [0.15, 0.2) is 17.3 Å². The van der Waals surface area contributed by atoms with Crippen LogP contribution in [0.25, 0.3) is 6.08 Å². The summed E-state index contributed by atoms with van der Waals surface area (Å²) in [6.07, 6.45) is 3.82. The normalized spacial score (nSPS) is 13.7. The van der Waals surface area contributed by atoms with Crippen LogP contribution in [0.1, 0.15) is 22.3 Å². The molecule has 0 N–H and O–H groups in total. The topological polar surface area (TPSA) is 44.8 Å². The number of allylic oxidation sites excluding steroid dienone is 1. The predicted molar refractivity (Wildman–Crippen MR) is 88.5 cm³/mol. The van der Waals surface area contributed by atoms with Crippen molar-refractivity contribution >= 4 is 11.9 Å². The van der Waals surface area contributed by atoms with Crippen molar-refractivity contribution < 1.29 is 27.8 Å². The van der Waals surface area contributed by atoms with E-state index in [1.54, 1.807) is 36.4 Å². The number of hydrogen-bond acceptors (Lipinski definition) is 4. The number of ketones is 1. The van der Waals surface area contributed by atoms with Crippen LogP contribution in [0, 0.1) is 0 Å². The molecule has 0 radical (unpaired) electrons. The maximum absolute atomic E-state index is 12.3. The third-order valence-corrected chi connectivity index (χ3v) is 3.56. The smallest absolute Gasteiger partial charge is 0.387 e. The van der Waals surface area contributed by atoms with Crippen molar-refractivity contribution in [3.8, 4) is 17.2 Å². The van der Waals surface area contributed by atoms with Crippen LogP contribution in [0.15, 0.2) is 48.5 Å². The van der Waals surface area contributed by atoms with Gasteiger partial charge in [-0.3, -0.25) is 4.79 Å². The summed E-state index contributed by atoms with van der Waals surface area (Å²) in [5.74, 6) is 1.07. The average molecular weight is 346 g/mol. The van der Waals surface area contributed by atoms with Crippen LogP contribution >= 0.6 is 0 Å². The number of benzene rings is 2. The summed E-state index contributed by atoms with van der Waals surface area (Å²) in [6.45, 7) is -1.72. The van der Waals surface area contributed by atoms with Crippen molar-refractivity contribution in [3.63, 3.8) is 0 Å². The SMILES string of the molecule is O=C(C=Cc1ccc(OC(F)F)cc1)c1ccc2c(c1)OCCCO2. The highest BCUT2D eigenvalue weighted by atomic mass is 19.3. The molecule has 0 bridgehead atoms. The summed E-state index contributed by atoms with van der Waals surface area (Å²) in [7, 11) is 0. The molecule has 1 aliphatic heterocycles. The zero-order chi connectivity index (χ0) is 17.6. The Morgan fingerprint density at radius 1 is 1.04 bits per heavy atom. The molecule has 0 atom stereocenters. The first-order valence-electron chi connectivity index (χ1n) is 7.79. The molecule has 0 saturated heterocycles. The van der Waals surface area contributed by atoms with Crippen LogP contribution in [0.3, 0.4) is 0 Å². The maximum atomic E-state index is 12.3. The van der Waals surface area contributed by atoms with Gasteiger partial charge < -0.3 is 14.2 Å². The van der Waals surface area contributed by atoms with Crippen molar-refractivity contribution in [1.29, 1.82) is 0 Å². The van der Waals surface area contributed by atoms with Crippen LogP contribution in [0.2, 0.25) is 0 Å². The van der Waals surface area contributed by atoms with Crippen molar-refractivity contribution in [2.24, 2.45) is 0 Å². The van der Waals surface area contributed by atoms with Crippen molar-refractivity contribution in [3.05, 3.63) is 59.7 Å². The Balaban J connectivity index is 1.69. The minimum absolute atomic E-state index is 0.0707. The van der Waals surface area contributed by atoms with Gasteiger partial charge in [-0.2, -0.15) is 8.78 Å². The van der Waals surface area contributed by atoms with Gasteiger partial charge in [0.2, 0.25) is 0 Å². The Morgan fingerprint density at radius 3 is 2.48 bits per heavy atom. The fourth-order valence-corrected chi connectivity index (χ4v) is 2.35. The minimum Gasteiger partial charge on any atom is -0.490 e. The molecule has 2 aromatic carbocycles. The van der Waals surface area contributed by atoms with E-state index in [2.05, 4.69) is 4.74 Å². The molecular formula is C19H16F2O4. The maximum Gasteiger partial charge on any atom is 0.387 e. The lowest BCUT2D eigenvalue weighted by Crippen LogP contribution is -2.01. The number of hydrogen-bond donors (Lipinski definition) is 0. The zero-order valence-electron chi connectivity index (χ0n) is 13.3. The monoisotopic (exact) mass is 346 g/mol. The fourth-order valence-electron chi connectivity index (χ4n) is 2.35. The van der Waals surface area contributed by atoms with Crippen LogP contribution in [-0.2, 0) is 0 Å². The quantitative estimate of drug-likeness (QED) is 0.597. The lowest BCUT2D eigenvalue weighted by atomic mass is 10.1. The number of alkyl halides is 2. The van der Waals surface area contributed by atoms with E-state index in [4.69, 9.17) is 9.47 Å². The van der Waals surface area contributed by atoms with Crippen LogP contribution in [-0.4, -0.2) is 25.6 Å². The summed E-state index contributed by atoms with van der Waals surface area (Å²) in [6, 6.07) is 11.1. The average Bonchev–Trinajstić information content (AvgIpc) is 2.85. The van der Waals surface area contributed by atoms with Gasteiger partial charge in [0.1, 0.15) is 5.75 Å². The molecule has 0 aromatic heterocycles. The van der Waals surface area contributed by atoms with Crippen LogP contribution in [0.5, 0.6) is 17.2 Å².